The smallest absolute Gasteiger partial charge is 0.248 e. The van der Waals surface area contributed by atoms with Crippen LogP contribution >= 0.6 is 11.3 Å². The second-order valence-corrected chi connectivity index (χ2v) is 9.07. The van der Waals surface area contributed by atoms with Crippen molar-refractivity contribution in [3.8, 4) is 0 Å². The van der Waals surface area contributed by atoms with Gasteiger partial charge in [0.1, 0.15) is 0 Å². The zero-order valence-corrected chi connectivity index (χ0v) is 13.7. The normalized spacial score (nSPS) is 16.8. The number of amides is 1. The summed E-state index contributed by atoms with van der Waals surface area (Å²) in [6, 6.07) is 0. The summed E-state index contributed by atoms with van der Waals surface area (Å²) in [6.07, 6.45) is 0.849. The van der Waals surface area contributed by atoms with Crippen LogP contribution in [0.2, 0.25) is 0 Å². The summed E-state index contributed by atoms with van der Waals surface area (Å²) >= 11 is 1.35. The van der Waals surface area contributed by atoms with Crippen LogP contribution in [0, 0.1) is 13.8 Å². The van der Waals surface area contributed by atoms with E-state index in [0.717, 1.165) is 17.0 Å². The molecule has 1 aromatic rings. The number of sulfonamides is 1. The first-order valence-electron chi connectivity index (χ1n) is 6.41. The van der Waals surface area contributed by atoms with Crippen molar-refractivity contribution in [2.75, 3.05) is 18.4 Å². The van der Waals surface area contributed by atoms with Crippen molar-refractivity contribution in [2.45, 2.75) is 38.9 Å². The van der Waals surface area contributed by atoms with Gasteiger partial charge in [0.25, 0.3) is 0 Å². The highest BCUT2D eigenvalue weighted by molar-refractivity contribution is 7.91. The van der Waals surface area contributed by atoms with E-state index in [9.17, 15) is 13.2 Å². The van der Waals surface area contributed by atoms with Crippen LogP contribution in [0.5, 0.6) is 0 Å². The number of thiazole rings is 1. The van der Waals surface area contributed by atoms with Crippen LogP contribution in [0.25, 0.3) is 0 Å². The van der Waals surface area contributed by atoms with Gasteiger partial charge < -0.3 is 5.32 Å². The maximum Gasteiger partial charge on any atom is 0.248 e. The van der Waals surface area contributed by atoms with E-state index in [4.69, 9.17) is 0 Å². The lowest BCUT2D eigenvalue weighted by Crippen LogP contribution is -2.55. The number of rotatable bonds is 4. The molecule has 0 aliphatic carbocycles. The number of hydrogen-bond donors (Lipinski definition) is 1. The van der Waals surface area contributed by atoms with Crippen LogP contribution in [0.1, 0.15) is 30.8 Å². The third-order valence-corrected chi connectivity index (χ3v) is 7.10. The van der Waals surface area contributed by atoms with E-state index in [0.29, 0.717) is 18.2 Å². The van der Waals surface area contributed by atoms with E-state index in [1.54, 1.807) is 0 Å². The molecule has 0 saturated carbocycles. The van der Waals surface area contributed by atoms with Gasteiger partial charge in [-0.15, -0.1) is 11.3 Å². The molecule has 0 unspecified atom stereocenters. The van der Waals surface area contributed by atoms with Crippen molar-refractivity contribution >= 4 is 32.4 Å². The summed E-state index contributed by atoms with van der Waals surface area (Å²) in [5.74, 6) is -0.543. The van der Waals surface area contributed by atoms with Gasteiger partial charge in [-0.3, -0.25) is 4.79 Å². The minimum Gasteiger partial charge on any atom is -0.301 e. The molecular formula is C12H19N3O3S2. The molecule has 6 nitrogen and oxygen atoms in total. The predicted octanol–water partition coefficient (Wildman–Crippen LogP) is 1.51. The van der Waals surface area contributed by atoms with E-state index in [-0.39, 0.29) is 0 Å². The Morgan fingerprint density at radius 3 is 2.35 bits per heavy atom. The van der Waals surface area contributed by atoms with E-state index < -0.39 is 20.7 Å². The molecule has 1 amide bonds. The van der Waals surface area contributed by atoms with Crippen LogP contribution in [-0.2, 0) is 14.8 Å². The number of carbonyl (C=O) groups excluding carboxylic acids is 1. The SMILES string of the molecule is Cc1nc(NC(=O)C(C)(C)S(=O)(=O)N2CCC2)sc1C. The zero-order chi connectivity index (χ0) is 15.1. The number of hydrogen-bond acceptors (Lipinski definition) is 5. The standard InChI is InChI=1S/C12H19N3O3S2/c1-8-9(2)19-11(13-8)14-10(16)12(3,4)20(17,18)15-6-5-7-15/h5-7H2,1-4H3,(H,13,14,16). The van der Waals surface area contributed by atoms with Crippen molar-refractivity contribution < 1.29 is 13.2 Å². The Bertz CT molecular complexity index is 611. The molecule has 2 heterocycles. The molecule has 112 valence electrons. The number of anilines is 1. The fourth-order valence-corrected chi connectivity index (χ4v) is 4.22. The summed E-state index contributed by atoms with van der Waals surface area (Å²) in [6.45, 7) is 7.61. The predicted molar refractivity (Wildman–Crippen MR) is 79.4 cm³/mol. The van der Waals surface area contributed by atoms with Crippen LogP contribution in [0.3, 0.4) is 0 Å². The van der Waals surface area contributed by atoms with E-state index in [1.165, 1.54) is 29.5 Å². The fourth-order valence-electron chi connectivity index (χ4n) is 1.74. The number of nitrogens with zero attached hydrogens (tertiary/aromatic N) is 2. The maximum absolute atomic E-state index is 12.4. The third-order valence-electron chi connectivity index (χ3n) is 3.60. The van der Waals surface area contributed by atoms with Crippen molar-refractivity contribution in [3.63, 3.8) is 0 Å². The molecule has 0 spiro atoms. The van der Waals surface area contributed by atoms with Gasteiger partial charge in [-0.1, -0.05) is 0 Å². The number of aryl methyl sites for hydroxylation is 2. The molecule has 2 rings (SSSR count). The quantitative estimate of drug-likeness (QED) is 0.913. The molecule has 8 heteroatoms. The maximum atomic E-state index is 12.4. The molecule has 20 heavy (non-hydrogen) atoms. The summed E-state index contributed by atoms with van der Waals surface area (Å²) in [7, 11) is -3.63. The molecule has 1 saturated heterocycles. The zero-order valence-electron chi connectivity index (χ0n) is 12.1. The summed E-state index contributed by atoms with van der Waals surface area (Å²) in [4.78, 5) is 17.5. The number of aromatic nitrogens is 1. The minimum absolute atomic E-state index is 0.442. The Morgan fingerprint density at radius 1 is 1.35 bits per heavy atom. The van der Waals surface area contributed by atoms with Gasteiger partial charge in [-0.05, 0) is 34.1 Å². The third kappa shape index (κ3) is 2.47. The van der Waals surface area contributed by atoms with Gasteiger partial charge in [0, 0.05) is 18.0 Å². The first-order valence-corrected chi connectivity index (χ1v) is 8.67. The van der Waals surface area contributed by atoms with Gasteiger partial charge in [-0.2, -0.15) is 0 Å². The van der Waals surface area contributed by atoms with Crippen LogP contribution in [0.15, 0.2) is 0 Å². The van der Waals surface area contributed by atoms with Gasteiger partial charge >= 0.3 is 0 Å². The average molecular weight is 317 g/mol. The van der Waals surface area contributed by atoms with Crippen LogP contribution in [0.4, 0.5) is 5.13 Å². The lowest BCUT2D eigenvalue weighted by atomic mass is 10.2. The largest absolute Gasteiger partial charge is 0.301 e. The lowest BCUT2D eigenvalue weighted by Gasteiger charge is -2.36. The number of nitrogens with one attached hydrogen (secondary N) is 1. The van der Waals surface area contributed by atoms with Crippen molar-refractivity contribution in [1.82, 2.24) is 9.29 Å². The van der Waals surface area contributed by atoms with Gasteiger partial charge in [-0.25, -0.2) is 17.7 Å². The van der Waals surface area contributed by atoms with Crippen molar-refractivity contribution in [3.05, 3.63) is 10.6 Å². The monoisotopic (exact) mass is 317 g/mol. The number of carbonyl (C=O) groups is 1. The molecule has 0 aromatic carbocycles. The van der Waals surface area contributed by atoms with Gasteiger partial charge in [0.15, 0.2) is 9.88 Å². The topological polar surface area (TPSA) is 79.4 Å². The Kier molecular flexibility index (Phi) is 3.92. The Morgan fingerprint density at radius 2 is 1.95 bits per heavy atom. The highest BCUT2D eigenvalue weighted by Gasteiger charge is 2.47. The summed E-state index contributed by atoms with van der Waals surface area (Å²) in [5, 5.41) is 3.06. The minimum atomic E-state index is -3.63. The molecular weight excluding hydrogens is 298 g/mol. The Hall–Kier alpha value is -0.990. The molecule has 0 atom stereocenters. The molecule has 1 aliphatic rings. The summed E-state index contributed by atoms with van der Waals surface area (Å²) < 4.78 is 24.6. The second-order valence-electron chi connectivity index (χ2n) is 5.38. The first kappa shape index (κ1) is 15.4. The average Bonchev–Trinajstić information content (AvgIpc) is 2.54. The fraction of sp³-hybridized carbons (Fsp3) is 0.667. The Labute approximate surface area is 123 Å². The van der Waals surface area contributed by atoms with Crippen LogP contribution < -0.4 is 5.32 Å². The lowest BCUT2D eigenvalue weighted by molar-refractivity contribution is -0.118. The van der Waals surface area contributed by atoms with Crippen molar-refractivity contribution in [1.29, 1.82) is 0 Å². The molecule has 0 radical (unpaired) electrons. The molecule has 1 N–H and O–H groups in total. The van der Waals surface area contributed by atoms with E-state index >= 15 is 0 Å². The second kappa shape index (κ2) is 5.09. The van der Waals surface area contributed by atoms with E-state index in [2.05, 4.69) is 10.3 Å². The summed E-state index contributed by atoms with van der Waals surface area (Å²) in [5.41, 5.74) is 0.841. The highest BCUT2D eigenvalue weighted by Crippen LogP contribution is 2.28. The molecule has 1 aliphatic heterocycles. The van der Waals surface area contributed by atoms with E-state index in [1.807, 2.05) is 13.8 Å². The van der Waals surface area contributed by atoms with Gasteiger partial charge in [0.05, 0.1) is 5.69 Å². The van der Waals surface area contributed by atoms with Crippen LogP contribution in [-0.4, -0.2) is 41.5 Å². The molecule has 1 aromatic heterocycles. The molecule has 1 fully saturated rings. The first-order chi connectivity index (χ1) is 9.16. The van der Waals surface area contributed by atoms with Gasteiger partial charge in [0.2, 0.25) is 15.9 Å². The van der Waals surface area contributed by atoms with Crippen molar-refractivity contribution in [2.24, 2.45) is 0 Å². The Balaban J connectivity index is 2.18. The highest BCUT2D eigenvalue weighted by atomic mass is 32.2. The molecule has 0 bridgehead atoms.